The molecule has 106 valence electrons. The van der Waals surface area contributed by atoms with Crippen molar-refractivity contribution in [3.63, 3.8) is 0 Å². The van der Waals surface area contributed by atoms with Crippen molar-refractivity contribution in [2.75, 3.05) is 0 Å². The Morgan fingerprint density at radius 2 is 1.67 bits per heavy atom. The van der Waals surface area contributed by atoms with Crippen LogP contribution in [0.25, 0.3) is 10.8 Å². The minimum atomic E-state index is 0.136. The van der Waals surface area contributed by atoms with Gasteiger partial charge in [-0.1, -0.05) is 70.0 Å². The summed E-state index contributed by atoms with van der Waals surface area (Å²) >= 11 is 13.4. The van der Waals surface area contributed by atoms with E-state index in [1.54, 1.807) is 0 Å². The number of fused-ring (bicyclic) bond motifs is 1. The van der Waals surface area contributed by atoms with Crippen LogP contribution in [0.2, 0.25) is 5.02 Å². The highest BCUT2D eigenvalue weighted by Crippen LogP contribution is 2.38. The van der Waals surface area contributed by atoms with E-state index in [1.807, 2.05) is 6.07 Å². The minimum Gasteiger partial charge on any atom is -0.0831 e. The molecule has 1 atom stereocenters. The Kier molecular flexibility index (Phi) is 4.39. The predicted molar refractivity (Wildman–Crippen MR) is 98.6 cm³/mol. The van der Waals surface area contributed by atoms with Crippen LogP contribution in [0.4, 0.5) is 0 Å². The molecule has 0 bridgehead atoms. The van der Waals surface area contributed by atoms with E-state index in [0.717, 1.165) is 9.50 Å². The molecule has 0 saturated carbocycles. The molecule has 0 saturated heterocycles. The summed E-state index contributed by atoms with van der Waals surface area (Å²) < 4.78 is 0.919. The molecule has 0 radical (unpaired) electrons. The zero-order valence-electron chi connectivity index (χ0n) is 11.4. The Morgan fingerprint density at radius 1 is 0.952 bits per heavy atom. The van der Waals surface area contributed by atoms with E-state index >= 15 is 0 Å². The lowest BCUT2D eigenvalue weighted by Crippen LogP contribution is -1.95. The molecular formula is C18H13Br2Cl. The second-order valence-electron chi connectivity index (χ2n) is 5.05. The largest absolute Gasteiger partial charge is 0.0831 e. The molecule has 3 rings (SSSR count). The Bertz CT molecular complexity index is 811. The van der Waals surface area contributed by atoms with Gasteiger partial charge in [-0.25, -0.2) is 0 Å². The fourth-order valence-electron chi connectivity index (χ4n) is 2.54. The van der Waals surface area contributed by atoms with E-state index in [2.05, 4.69) is 87.3 Å². The Balaban J connectivity index is 2.15. The minimum absolute atomic E-state index is 0.136. The smallest absolute Gasteiger partial charge is 0.0651 e. The van der Waals surface area contributed by atoms with Gasteiger partial charge in [0.25, 0.3) is 0 Å². The lowest BCUT2D eigenvalue weighted by molar-refractivity contribution is 1.19. The summed E-state index contributed by atoms with van der Waals surface area (Å²) in [6.45, 7) is 2.15. The highest BCUT2D eigenvalue weighted by molar-refractivity contribution is 9.10. The Labute approximate surface area is 146 Å². The van der Waals surface area contributed by atoms with E-state index in [1.165, 1.54) is 27.5 Å². The number of aryl methyl sites for hydroxylation is 1. The highest BCUT2D eigenvalue weighted by atomic mass is 79.9. The van der Waals surface area contributed by atoms with Crippen LogP contribution in [-0.2, 0) is 0 Å². The zero-order chi connectivity index (χ0) is 15.0. The number of halogens is 3. The van der Waals surface area contributed by atoms with Crippen molar-refractivity contribution in [1.29, 1.82) is 0 Å². The van der Waals surface area contributed by atoms with Crippen molar-refractivity contribution < 1.29 is 0 Å². The Hall–Kier alpha value is -0.830. The summed E-state index contributed by atoms with van der Waals surface area (Å²) in [6, 6.07) is 18.9. The molecule has 3 aromatic rings. The third-order valence-electron chi connectivity index (χ3n) is 3.69. The maximum absolute atomic E-state index is 6.09. The molecule has 0 aliphatic heterocycles. The van der Waals surface area contributed by atoms with Crippen LogP contribution in [0.5, 0.6) is 0 Å². The molecular weight excluding hydrogens is 411 g/mol. The van der Waals surface area contributed by atoms with Gasteiger partial charge < -0.3 is 0 Å². The lowest BCUT2D eigenvalue weighted by atomic mass is 9.96. The average Bonchev–Trinajstić information content (AvgIpc) is 2.50. The van der Waals surface area contributed by atoms with Crippen LogP contribution in [0.3, 0.4) is 0 Å². The fourth-order valence-corrected chi connectivity index (χ4v) is 3.74. The SMILES string of the molecule is Cc1ccc(C(Br)c2ccc(Cl)c(Br)c2)c2ccccc12. The van der Waals surface area contributed by atoms with Gasteiger partial charge in [0.05, 0.1) is 9.85 Å². The first-order valence-corrected chi connectivity index (χ1v) is 8.74. The first kappa shape index (κ1) is 15.1. The van der Waals surface area contributed by atoms with E-state index in [0.29, 0.717) is 0 Å². The molecule has 0 aliphatic carbocycles. The normalized spacial score (nSPS) is 12.6. The molecule has 3 aromatic carbocycles. The number of benzene rings is 3. The van der Waals surface area contributed by atoms with Gasteiger partial charge in [0.2, 0.25) is 0 Å². The van der Waals surface area contributed by atoms with Gasteiger partial charge in [0.15, 0.2) is 0 Å². The molecule has 0 aromatic heterocycles. The van der Waals surface area contributed by atoms with Crippen molar-refractivity contribution in [1.82, 2.24) is 0 Å². The van der Waals surface area contributed by atoms with E-state index < -0.39 is 0 Å². The maximum Gasteiger partial charge on any atom is 0.0651 e. The second-order valence-corrected chi connectivity index (χ2v) is 7.23. The topological polar surface area (TPSA) is 0 Å². The van der Waals surface area contributed by atoms with Crippen LogP contribution >= 0.6 is 43.5 Å². The van der Waals surface area contributed by atoms with Gasteiger partial charge >= 0.3 is 0 Å². The van der Waals surface area contributed by atoms with E-state index in [-0.39, 0.29) is 4.83 Å². The standard InChI is InChI=1S/C18H13Br2Cl/c1-11-6-8-15(14-5-3-2-4-13(11)14)18(20)12-7-9-17(21)16(19)10-12/h2-10,18H,1H3. The Morgan fingerprint density at radius 3 is 2.38 bits per heavy atom. The van der Waals surface area contributed by atoms with Crippen LogP contribution < -0.4 is 0 Å². The van der Waals surface area contributed by atoms with Crippen molar-refractivity contribution in [2.45, 2.75) is 11.8 Å². The summed E-state index contributed by atoms with van der Waals surface area (Å²) in [6.07, 6.45) is 0. The summed E-state index contributed by atoms with van der Waals surface area (Å²) in [4.78, 5) is 0.136. The third-order valence-corrected chi connectivity index (χ3v) is 5.92. The molecule has 21 heavy (non-hydrogen) atoms. The first-order chi connectivity index (χ1) is 10.1. The lowest BCUT2D eigenvalue weighted by Gasteiger charge is -2.15. The molecule has 1 unspecified atom stereocenters. The maximum atomic E-state index is 6.09. The summed E-state index contributed by atoms with van der Waals surface area (Å²) in [5, 5.41) is 3.31. The third kappa shape index (κ3) is 2.90. The molecule has 0 aliphatic rings. The zero-order valence-corrected chi connectivity index (χ0v) is 15.3. The second kappa shape index (κ2) is 6.12. The van der Waals surface area contributed by atoms with Crippen LogP contribution in [0.15, 0.2) is 59.1 Å². The van der Waals surface area contributed by atoms with Crippen LogP contribution in [-0.4, -0.2) is 0 Å². The molecule has 0 fully saturated rings. The van der Waals surface area contributed by atoms with Crippen molar-refractivity contribution >= 4 is 54.2 Å². The number of hydrogen-bond acceptors (Lipinski definition) is 0. The van der Waals surface area contributed by atoms with Gasteiger partial charge in [-0.2, -0.15) is 0 Å². The van der Waals surface area contributed by atoms with Crippen LogP contribution in [0, 0.1) is 6.92 Å². The van der Waals surface area contributed by atoms with Gasteiger partial charge in [0, 0.05) is 4.47 Å². The quantitative estimate of drug-likeness (QED) is 0.387. The predicted octanol–water partition coefficient (Wildman–Crippen LogP) is 7.05. The first-order valence-electron chi connectivity index (χ1n) is 6.65. The number of hydrogen-bond donors (Lipinski definition) is 0. The van der Waals surface area contributed by atoms with Gasteiger partial charge in [-0.05, 0) is 62.4 Å². The summed E-state index contributed by atoms with van der Waals surface area (Å²) in [5.41, 5.74) is 3.75. The highest BCUT2D eigenvalue weighted by Gasteiger charge is 2.15. The van der Waals surface area contributed by atoms with E-state index in [9.17, 15) is 0 Å². The number of alkyl halides is 1. The molecule has 3 heteroatoms. The number of rotatable bonds is 2. The monoisotopic (exact) mass is 422 g/mol. The summed E-state index contributed by atoms with van der Waals surface area (Å²) in [7, 11) is 0. The molecule has 0 N–H and O–H groups in total. The molecule has 0 spiro atoms. The molecule has 0 amide bonds. The average molecular weight is 425 g/mol. The molecule has 0 nitrogen and oxygen atoms in total. The molecule has 0 heterocycles. The van der Waals surface area contributed by atoms with Gasteiger partial charge in [-0.15, -0.1) is 0 Å². The fraction of sp³-hybridized carbons (Fsp3) is 0.111. The summed E-state index contributed by atoms with van der Waals surface area (Å²) in [5.74, 6) is 0. The van der Waals surface area contributed by atoms with Crippen LogP contribution in [0.1, 0.15) is 21.5 Å². The van der Waals surface area contributed by atoms with Gasteiger partial charge in [-0.3, -0.25) is 0 Å². The van der Waals surface area contributed by atoms with Gasteiger partial charge in [0.1, 0.15) is 0 Å². The van der Waals surface area contributed by atoms with Crippen molar-refractivity contribution in [3.05, 3.63) is 80.8 Å². The van der Waals surface area contributed by atoms with Crippen molar-refractivity contribution in [2.24, 2.45) is 0 Å². The van der Waals surface area contributed by atoms with Crippen molar-refractivity contribution in [3.8, 4) is 0 Å². The van der Waals surface area contributed by atoms with E-state index in [4.69, 9.17) is 11.6 Å².